The number of isothiocyanates is 1. The first-order chi connectivity index (χ1) is 8.79. The molecule has 0 aromatic carbocycles. The van der Waals surface area contributed by atoms with Crippen molar-refractivity contribution in [3.63, 3.8) is 0 Å². The van der Waals surface area contributed by atoms with Crippen molar-refractivity contribution in [2.24, 2.45) is 22.7 Å². The molecule has 3 heteroatoms. The lowest BCUT2D eigenvalue weighted by Crippen LogP contribution is -2.46. The van der Waals surface area contributed by atoms with Gasteiger partial charge >= 0.3 is 0 Å². The van der Waals surface area contributed by atoms with E-state index in [9.17, 15) is 5.11 Å². The zero-order chi connectivity index (χ0) is 14.3. The highest BCUT2D eigenvalue weighted by Crippen LogP contribution is 2.51. The fourth-order valence-corrected chi connectivity index (χ4v) is 4.12. The molecule has 0 spiro atoms. The number of nitrogens with zero attached hydrogens (tertiary/aromatic N) is 1. The van der Waals surface area contributed by atoms with Crippen molar-refractivity contribution < 1.29 is 5.11 Å². The van der Waals surface area contributed by atoms with E-state index in [1.807, 2.05) is 6.92 Å². The molecular formula is C16H25NOS. The van der Waals surface area contributed by atoms with Gasteiger partial charge in [-0.25, -0.2) is 4.99 Å². The van der Waals surface area contributed by atoms with Crippen molar-refractivity contribution in [3.8, 4) is 0 Å². The Kier molecular flexibility index (Phi) is 4.02. The van der Waals surface area contributed by atoms with Crippen LogP contribution in [-0.4, -0.2) is 21.4 Å². The number of rotatable bonds is 2. The first-order valence-corrected chi connectivity index (χ1v) is 7.74. The largest absolute Gasteiger partial charge is 0.386 e. The van der Waals surface area contributed by atoms with E-state index in [0.717, 1.165) is 25.7 Å². The first-order valence-electron chi connectivity index (χ1n) is 7.33. The molecule has 2 nitrogen and oxygen atoms in total. The SMILES string of the molecule is CC(C)[C@@H]1CC[C@](C)(N=C=S)[C@@H]2CC[C@](C)(O)C=C12. The Hall–Kier alpha value is -0.500. The van der Waals surface area contributed by atoms with Gasteiger partial charge in [-0.15, -0.1) is 0 Å². The molecule has 2 rings (SSSR count). The molecule has 0 radical (unpaired) electrons. The van der Waals surface area contributed by atoms with E-state index in [-0.39, 0.29) is 5.54 Å². The van der Waals surface area contributed by atoms with Crippen LogP contribution in [0.2, 0.25) is 0 Å². The summed E-state index contributed by atoms with van der Waals surface area (Å²) in [6.07, 6.45) is 6.13. The van der Waals surface area contributed by atoms with Crippen LogP contribution in [0.15, 0.2) is 16.6 Å². The van der Waals surface area contributed by atoms with Gasteiger partial charge in [-0.2, -0.15) is 0 Å². The zero-order valence-electron chi connectivity index (χ0n) is 12.4. The quantitative estimate of drug-likeness (QED) is 0.471. The molecule has 4 atom stereocenters. The van der Waals surface area contributed by atoms with Crippen molar-refractivity contribution in [1.29, 1.82) is 0 Å². The predicted octanol–water partition coefficient (Wildman–Crippen LogP) is 4.00. The number of aliphatic hydroxyl groups is 1. The number of hydrogen-bond acceptors (Lipinski definition) is 3. The summed E-state index contributed by atoms with van der Waals surface area (Å²) >= 11 is 4.84. The number of fused-ring (bicyclic) bond motifs is 1. The van der Waals surface area contributed by atoms with Gasteiger partial charge in [0.15, 0.2) is 0 Å². The molecule has 0 aliphatic heterocycles. The Morgan fingerprint density at radius 1 is 1.37 bits per heavy atom. The summed E-state index contributed by atoms with van der Waals surface area (Å²) in [6.45, 7) is 8.66. The van der Waals surface area contributed by atoms with E-state index < -0.39 is 5.60 Å². The minimum Gasteiger partial charge on any atom is -0.386 e. The Morgan fingerprint density at radius 3 is 2.63 bits per heavy atom. The molecule has 0 amide bonds. The Balaban J connectivity index is 2.43. The Labute approximate surface area is 122 Å². The van der Waals surface area contributed by atoms with E-state index in [2.05, 4.69) is 37.0 Å². The van der Waals surface area contributed by atoms with E-state index in [1.165, 1.54) is 5.57 Å². The van der Waals surface area contributed by atoms with Gasteiger partial charge in [0.1, 0.15) is 0 Å². The molecule has 2 aliphatic carbocycles. The van der Waals surface area contributed by atoms with E-state index >= 15 is 0 Å². The van der Waals surface area contributed by atoms with Crippen LogP contribution in [0, 0.1) is 17.8 Å². The highest BCUT2D eigenvalue weighted by Gasteiger charge is 2.46. The molecular weight excluding hydrogens is 254 g/mol. The predicted molar refractivity (Wildman–Crippen MR) is 82.4 cm³/mol. The molecule has 1 N–H and O–H groups in total. The highest BCUT2D eigenvalue weighted by molar-refractivity contribution is 7.78. The number of aliphatic imine (C=N–C) groups is 1. The summed E-state index contributed by atoms with van der Waals surface area (Å²) in [5, 5.41) is 13.0. The summed E-state index contributed by atoms with van der Waals surface area (Å²) < 4.78 is 0. The fourth-order valence-electron chi connectivity index (χ4n) is 3.92. The Bertz CT molecular complexity index is 434. The van der Waals surface area contributed by atoms with Crippen LogP contribution >= 0.6 is 12.2 Å². The Morgan fingerprint density at radius 2 is 2.05 bits per heavy atom. The standard InChI is InChI=1S/C16H25NOS/c1-11(2)12-5-8-16(4,17-10-19)14-6-7-15(3,18)9-13(12)14/h9,11-12,14,18H,5-8H2,1-4H3/t12-,14+,15-,16-/m0/s1. The third kappa shape index (κ3) is 2.84. The van der Waals surface area contributed by atoms with Crippen molar-refractivity contribution in [1.82, 2.24) is 0 Å². The second kappa shape index (κ2) is 5.12. The molecule has 0 aromatic rings. The lowest BCUT2D eigenvalue weighted by Gasteiger charge is -2.48. The maximum absolute atomic E-state index is 10.4. The molecule has 0 saturated heterocycles. The van der Waals surface area contributed by atoms with Crippen LogP contribution < -0.4 is 0 Å². The van der Waals surface area contributed by atoms with Gasteiger partial charge in [0.25, 0.3) is 0 Å². The average molecular weight is 279 g/mol. The maximum Gasteiger partial charge on any atom is 0.0802 e. The van der Waals surface area contributed by atoms with Crippen molar-refractivity contribution in [2.75, 3.05) is 0 Å². The van der Waals surface area contributed by atoms with Gasteiger partial charge in [-0.05, 0) is 63.6 Å². The maximum atomic E-state index is 10.4. The monoisotopic (exact) mass is 279 g/mol. The summed E-state index contributed by atoms with van der Waals surface area (Å²) in [7, 11) is 0. The summed E-state index contributed by atoms with van der Waals surface area (Å²) in [5.74, 6) is 1.61. The van der Waals surface area contributed by atoms with E-state index in [4.69, 9.17) is 12.2 Å². The lowest BCUT2D eigenvalue weighted by molar-refractivity contribution is 0.0637. The molecule has 2 aliphatic rings. The molecule has 0 bridgehead atoms. The van der Waals surface area contributed by atoms with Gasteiger partial charge in [0.05, 0.1) is 16.3 Å². The molecule has 1 saturated carbocycles. The zero-order valence-corrected chi connectivity index (χ0v) is 13.3. The summed E-state index contributed by atoms with van der Waals surface area (Å²) in [6, 6.07) is 0. The third-order valence-electron chi connectivity index (χ3n) is 5.07. The molecule has 1 fully saturated rings. The summed E-state index contributed by atoms with van der Waals surface area (Å²) in [4.78, 5) is 4.48. The second-order valence-corrected chi connectivity index (χ2v) is 7.22. The van der Waals surface area contributed by atoms with Crippen LogP contribution in [0.1, 0.15) is 53.4 Å². The smallest absolute Gasteiger partial charge is 0.0802 e. The summed E-state index contributed by atoms with van der Waals surface area (Å²) in [5.41, 5.74) is 0.641. The van der Waals surface area contributed by atoms with Gasteiger partial charge < -0.3 is 5.11 Å². The minimum absolute atomic E-state index is 0.116. The third-order valence-corrected chi connectivity index (χ3v) is 5.16. The van der Waals surface area contributed by atoms with Crippen LogP contribution in [0.4, 0.5) is 0 Å². The first kappa shape index (κ1) is 14.9. The van der Waals surface area contributed by atoms with Crippen molar-refractivity contribution >= 4 is 17.4 Å². The van der Waals surface area contributed by atoms with Crippen molar-refractivity contribution in [2.45, 2.75) is 64.5 Å². The van der Waals surface area contributed by atoms with E-state index in [0.29, 0.717) is 17.8 Å². The minimum atomic E-state index is -0.654. The highest BCUT2D eigenvalue weighted by atomic mass is 32.1. The van der Waals surface area contributed by atoms with Gasteiger partial charge in [0, 0.05) is 5.92 Å². The van der Waals surface area contributed by atoms with Crippen LogP contribution in [0.3, 0.4) is 0 Å². The second-order valence-electron chi connectivity index (χ2n) is 7.04. The molecule has 0 aromatic heterocycles. The van der Waals surface area contributed by atoms with Gasteiger partial charge in [-0.1, -0.05) is 25.5 Å². The topological polar surface area (TPSA) is 32.6 Å². The van der Waals surface area contributed by atoms with Crippen molar-refractivity contribution in [3.05, 3.63) is 11.6 Å². The number of hydrogen-bond donors (Lipinski definition) is 1. The molecule has 0 heterocycles. The normalized spacial score (nSPS) is 42.3. The number of thiocarbonyl (C=S) groups is 1. The van der Waals surface area contributed by atoms with E-state index in [1.54, 1.807) is 0 Å². The molecule has 19 heavy (non-hydrogen) atoms. The van der Waals surface area contributed by atoms with Gasteiger partial charge in [-0.3, -0.25) is 0 Å². The average Bonchev–Trinajstić information content (AvgIpc) is 2.27. The molecule has 106 valence electrons. The van der Waals surface area contributed by atoms with Gasteiger partial charge in [0.2, 0.25) is 0 Å². The van der Waals surface area contributed by atoms with Crippen LogP contribution in [0.25, 0.3) is 0 Å². The van der Waals surface area contributed by atoms with Crippen LogP contribution in [-0.2, 0) is 0 Å². The molecule has 0 unspecified atom stereocenters. The van der Waals surface area contributed by atoms with Crippen LogP contribution in [0.5, 0.6) is 0 Å². The lowest BCUT2D eigenvalue weighted by atomic mass is 9.59. The fraction of sp³-hybridized carbons (Fsp3) is 0.812.